The molecule has 168 valence electrons. The lowest BCUT2D eigenvalue weighted by atomic mass is 9.99. The molecule has 1 saturated heterocycles. The Balaban J connectivity index is 1.61. The van der Waals surface area contributed by atoms with E-state index in [1.54, 1.807) is 0 Å². The van der Waals surface area contributed by atoms with Gasteiger partial charge in [-0.15, -0.1) is 0 Å². The minimum Gasteiger partial charge on any atom is -0.355 e. The number of piperidine rings is 1. The highest BCUT2D eigenvalue weighted by molar-refractivity contribution is 9.10. The first kappa shape index (κ1) is 23.0. The third-order valence-electron chi connectivity index (χ3n) is 5.80. The van der Waals surface area contributed by atoms with Crippen molar-refractivity contribution in [3.05, 3.63) is 28.0 Å². The molecule has 7 nitrogen and oxygen atoms in total. The number of aromatic nitrogens is 3. The Kier molecular flexibility index (Phi) is 6.94. The molecule has 0 spiro atoms. The molecule has 0 bridgehead atoms. The van der Waals surface area contributed by atoms with Crippen LogP contribution in [0.3, 0.4) is 0 Å². The molecule has 0 unspecified atom stereocenters. The molecule has 0 amide bonds. The van der Waals surface area contributed by atoms with Crippen molar-refractivity contribution in [2.75, 3.05) is 37.4 Å². The lowest BCUT2D eigenvalue weighted by molar-refractivity contribution is 0.213. The lowest BCUT2D eigenvalue weighted by Crippen LogP contribution is -2.35. The van der Waals surface area contributed by atoms with Gasteiger partial charge in [0.2, 0.25) is 5.28 Å². The minimum absolute atomic E-state index is 0.245. The number of benzene rings is 1. The van der Waals surface area contributed by atoms with Gasteiger partial charge in [-0.3, -0.25) is 4.57 Å². The van der Waals surface area contributed by atoms with Gasteiger partial charge < -0.3 is 18.5 Å². The average Bonchev–Trinajstić information content (AvgIpc) is 2.99. The third-order valence-corrected chi connectivity index (χ3v) is 8.73. The first-order chi connectivity index (χ1) is 14.8. The predicted octanol–water partition coefficient (Wildman–Crippen LogP) is 6.02. The molecular weight excluding hydrogens is 503 g/mol. The van der Waals surface area contributed by atoms with Crippen molar-refractivity contribution >= 4 is 62.9 Å². The number of aryl methyl sites for hydroxylation is 1. The zero-order chi connectivity index (χ0) is 22.2. The highest BCUT2D eigenvalue weighted by Crippen LogP contribution is 2.51. The van der Waals surface area contributed by atoms with Gasteiger partial charge in [0.05, 0.1) is 24.9 Å². The van der Waals surface area contributed by atoms with Gasteiger partial charge in [-0.2, -0.15) is 4.98 Å². The van der Waals surface area contributed by atoms with Gasteiger partial charge in [0.1, 0.15) is 11.0 Å². The third kappa shape index (κ3) is 4.64. The van der Waals surface area contributed by atoms with Crippen LogP contribution in [0.25, 0.3) is 21.9 Å². The van der Waals surface area contributed by atoms with E-state index in [0.29, 0.717) is 19.4 Å². The van der Waals surface area contributed by atoms with Crippen LogP contribution in [-0.4, -0.2) is 47.0 Å². The highest BCUT2D eigenvalue weighted by Gasteiger charge is 2.32. The van der Waals surface area contributed by atoms with E-state index in [1.807, 2.05) is 27.0 Å². The Morgan fingerprint density at radius 1 is 1.19 bits per heavy atom. The van der Waals surface area contributed by atoms with Gasteiger partial charge in [-0.05, 0) is 62.4 Å². The van der Waals surface area contributed by atoms with Crippen LogP contribution in [0.4, 0.5) is 5.82 Å². The number of halogens is 2. The standard InChI is InChI=1S/C21H27BrClN4O3P/c1-4-29-31(28,30-5-2)13-14-8-10-27(11-9-14)20-19-18(24-21(23)25-20)16-12-15(22)6-7-17(16)26(19)3/h6-7,12,14H,4-5,8-11,13H2,1-3H3. The molecular formula is C21H27BrClN4O3P. The Hall–Kier alpha value is -1.18. The fraction of sp³-hybridized carbons (Fsp3) is 0.524. The molecule has 1 aliphatic heterocycles. The molecule has 0 atom stereocenters. The number of nitrogens with zero attached hydrogens (tertiary/aromatic N) is 4. The molecule has 1 aromatic carbocycles. The van der Waals surface area contributed by atoms with Crippen LogP contribution in [0.5, 0.6) is 0 Å². The molecule has 1 aliphatic rings. The smallest absolute Gasteiger partial charge is 0.330 e. The van der Waals surface area contributed by atoms with Gasteiger partial charge in [-0.25, -0.2) is 4.98 Å². The largest absolute Gasteiger partial charge is 0.355 e. The van der Waals surface area contributed by atoms with Crippen LogP contribution >= 0.6 is 35.1 Å². The molecule has 0 saturated carbocycles. The first-order valence-corrected chi connectivity index (χ1v) is 13.5. The fourth-order valence-electron chi connectivity index (χ4n) is 4.42. The molecule has 4 rings (SSSR count). The van der Waals surface area contributed by atoms with Crippen molar-refractivity contribution in [1.29, 1.82) is 0 Å². The van der Waals surface area contributed by atoms with Crippen molar-refractivity contribution in [1.82, 2.24) is 14.5 Å². The van der Waals surface area contributed by atoms with Crippen molar-refractivity contribution in [3.63, 3.8) is 0 Å². The van der Waals surface area contributed by atoms with E-state index in [9.17, 15) is 4.57 Å². The van der Waals surface area contributed by atoms with Gasteiger partial charge >= 0.3 is 7.60 Å². The average molecular weight is 530 g/mol. The Morgan fingerprint density at radius 2 is 1.87 bits per heavy atom. The van der Waals surface area contributed by atoms with E-state index in [2.05, 4.69) is 47.5 Å². The second-order valence-corrected chi connectivity index (χ2v) is 11.2. The van der Waals surface area contributed by atoms with E-state index in [0.717, 1.165) is 58.2 Å². The first-order valence-electron chi connectivity index (χ1n) is 10.6. The fourth-order valence-corrected chi connectivity index (χ4v) is 7.02. The molecule has 2 aromatic heterocycles. The topological polar surface area (TPSA) is 69.5 Å². The molecule has 0 radical (unpaired) electrons. The van der Waals surface area contributed by atoms with E-state index in [-0.39, 0.29) is 11.2 Å². The summed E-state index contributed by atoms with van der Waals surface area (Å²) in [5.74, 6) is 1.14. The Labute approximate surface area is 195 Å². The maximum absolute atomic E-state index is 12.9. The highest BCUT2D eigenvalue weighted by atomic mass is 79.9. The second-order valence-electron chi connectivity index (χ2n) is 7.79. The summed E-state index contributed by atoms with van der Waals surface area (Å²) >= 11 is 9.89. The van der Waals surface area contributed by atoms with Crippen LogP contribution in [0.1, 0.15) is 26.7 Å². The van der Waals surface area contributed by atoms with Crippen molar-refractivity contribution < 1.29 is 13.6 Å². The summed E-state index contributed by atoms with van der Waals surface area (Å²) in [6.07, 6.45) is 2.25. The number of fused-ring (bicyclic) bond motifs is 3. The van der Waals surface area contributed by atoms with Crippen LogP contribution in [0.2, 0.25) is 5.28 Å². The molecule has 0 aliphatic carbocycles. The summed E-state index contributed by atoms with van der Waals surface area (Å²) < 4.78 is 27.0. The molecule has 3 aromatic rings. The number of hydrogen-bond donors (Lipinski definition) is 0. The monoisotopic (exact) mass is 528 g/mol. The Bertz CT molecular complexity index is 1140. The van der Waals surface area contributed by atoms with Gasteiger partial charge in [-0.1, -0.05) is 15.9 Å². The van der Waals surface area contributed by atoms with Crippen LogP contribution in [0, 0.1) is 5.92 Å². The maximum Gasteiger partial charge on any atom is 0.330 e. The van der Waals surface area contributed by atoms with Gasteiger partial charge in [0.25, 0.3) is 0 Å². The molecule has 0 N–H and O–H groups in total. The van der Waals surface area contributed by atoms with Crippen molar-refractivity contribution in [2.45, 2.75) is 26.7 Å². The SMILES string of the molecule is CCOP(=O)(CC1CCN(c2nc(Cl)nc3c4cc(Br)ccc4n(C)c23)CC1)OCC. The summed E-state index contributed by atoms with van der Waals surface area (Å²) in [7, 11) is -0.998. The Morgan fingerprint density at radius 3 is 2.52 bits per heavy atom. The zero-order valence-corrected chi connectivity index (χ0v) is 21.2. The second kappa shape index (κ2) is 9.36. The quantitative estimate of drug-likeness (QED) is 0.275. The summed E-state index contributed by atoms with van der Waals surface area (Å²) in [6, 6.07) is 6.16. The maximum atomic E-state index is 12.9. The van der Waals surface area contributed by atoms with E-state index >= 15 is 0 Å². The van der Waals surface area contributed by atoms with E-state index < -0.39 is 7.60 Å². The minimum atomic E-state index is -3.03. The number of hydrogen-bond acceptors (Lipinski definition) is 6. The van der Waals surface area contributed by atoms with Crippen LogP contribution < -0.4 is 4.90 Å². The molecule has 1 fully saturated rings. The van der Waals surface area contributed by atoms with Crippen LogP contribution in [-0.2, 0) is 20.7 Å². The molecule has 3 heterocycles. The summed E-state index contributed by atoms with van der Waals surface area (Å²) in [5, 5.41) is 1.29. The summed E-state index contributed by atoms with van der Waals surface area (Å²) in [5.41, 5.74) is 2.92. The zero-order valence-electron chi connectivity index (χ0n) is 18.0. The summed E-state index contributed by atoms with van der Waals surface area (Å²) in [6.45, 7) is 6.09. The van der Waals surface area contributed by atoms with E-state index in [4.69, 9.17) is 20.6 Å². The number of anilines is 1. The van der Waals surface area contributed by atoms with Crippen molar-refractivity contribution in [2.24, 2.45) is 13.0 Å². The van der Waals surface area contributed by atoms with Crippen molar-refractivity contribution in [3.8, 4) is 0 Å². The summed E-state index contributed by atoms with van der Waals surface area (Å²) in [4.78, 5) is 11.4. The van der Waals surface area contributed by atoms with Gasteiger partial charge in [0.15, 0.2) is 5.82 Å². The predicted molar refractivity (Wildman–Crippen MR) is 129 cm³/mol. The van der Waals surface area contributed by atoms with Crippen LogP contribution in [0.15, 0.2) is 22.7 Å². The van der Waals surface area contributed by atoms with Gasteiger partial charge in [0, 0.05) is 30.0 Å². The lowest BCUT2D eigenvalue weighted by Gasteiger charge is -2.34. The molecule has 10 heteroatoms. The normalized spacial score (nSPS) is 16.0. The van der Waals surface area contributed by atoms with E-state index in [1.165, 1.54) is 0 Å². The molecule has 31 heavy (non-hydrogen) atoms. The number of rotatable bonds is 7.